The molecule has 0 saturated carbocycles. The molecule has 0 aromatic heterocycles. The highest BCUT2D eigenvalue weighted by Crippen LogP contribution is 2.10. The molecule has 0 spiro atoms. The Balaban J connectivity index is 1.97. The van der Waals surface area contributed by atoms with Crippen LogP contribution in [0.25, 0.3) is 6.08 Å². The van der Waals surface area contributed by atoms with Crippen molar-refractivity contribution in [3.8, 4) is 0 Å². The molecule has 0 saturated heterocycles. The largest absolute Gasteiger partial charge is 0.355 e. The third-order valence-corrected chi connectivity index (χ3v) is 2.94. The van der Waals surface area contributed by atoms with Gasteiger partial charge in [0.1, 0.15) is 5.82 Å². The third-order valence-electron chi connectivity index (χ3n) is 2.94. The lowest BCUT2D eigenvalue weighted by Gasteiger charge is -2.04. The fourth-order valence-corrected chi connectivity index (χ4v) is 1.78. The van der Waals surface area contributed by atoms with E-state index in [0.717, 1.165) is 5.56 Å². The number of hydrogen-bond donors (Lipinski definition) is 2. The van der Waals surface area contributed by atoms with Gasteiger partial charge in [0, 0.05) is 24.4 Å². The van der Waals surface area contributed by atoms with E-state index in [-0.39, 0.29) is 17.6 Å². The summed E-state index contributed by atoms with van der Waals surface area (Å²) in [5, 5.41) is 5.20. The van der Waals surface area contributed by atoms with Gasteiger partial charge in [0.2, 0.25) is 5.91 Å². The Bertz CT molecular complexity index is 692. The first-order chi connectivity index (χ1) is 10.6. The van der Waals surface area contributed by atoms with E-state index in [9.17, 15) is 14.0 Å². The van der Waals surface area contributed by atoms with E-state index >= 15 is 0 Å². The molecule has 0 aliphatic heterocycles. The minimum atomic E-state index is -0.321. The number of carbonyl (C=O) groups excluding carboxylic acids is 2. The van der Waals surface area contributed by atoms with E-state index in [0.29, 0.717) is 11.3 Å². The van der Waals surface area contributed by atoms with Crippen molar-refractivity contribution in [2.75, 3.05) is 12.4 Å². The van der Waals surface area contributed by atoms with Crippen LogP contribution in [0.3, 0.4) is 0 Å². The van der Waals surface area contributed by atoms with E-state index in [1.165, 1.54) is 18.2 Å². The van der Waals surface area contributed by atoms with Gasteiger partial charge < -0.3 is 10.6 Å². The number of benzene rings is 2. The first-order valence-electron chi connectivity index (χ1n) is 6.65. The van der Waals surface area contributed by atoms with Crippen LogP contribution in [-0.4, -0.2) is 18.9 Å². The summed E-state index contributed by atoms with van der Waals surface area (Å²) in [5.41, 5.74) is 1.83. The van der Waals surface area contributed by atoms with Crippen molar-refractivity contribution in [1.29, 1.82) is 0 Å². The molecule has 0 aliphatic rings. The van der Waals surface area contributed by atoms with Gasteiger partial charge in [-0.25, -0.2) is 4.39 Å². The molecular formula is C17H15FN2O2. The second kappa shape index (κ2) is 7.17. The van der Waals surface area contributed by atoms with E-state index in [1.54, 1.807) is 49.5 Å². The lowest BCUT2D eigenvalue weighted by atomic mass is 10.2. The minimum absolute atomic E-state index is 0.186. The normalized spacial score (nSPS) is 10.5. The maximum absolute atomic E-state index is 12.8. The predicted molar refractivity (Wildman–Crippen MR) is 83.9 cm³/mol. The minimum Gasteiger partial charge on any atom is -0.355 e. The highest BCUT2D eigenvalue weighted by atomic mass is 19.1. The number of rotatable bonds is 4. The Kier molecular flexibility index (Phi) is 5.03. The molecule has 2 aromatic rings. The average molecular weight is 298 g/mol. The quantitative estimate of drug-likeness (QED) is 0.853. The number of carbonyl (C=O) groups is 2. The molecular weight excluding hydrogens is 283 g/mol. The fraction of sp³-hybridized carbons (Fsp3) is 0.0588. The van der Waals surface area contributed by atoms with Crippen LogP contribution in [0.4, 0.5) is 10.1 Å². The lowest BCUT2D eigenvalue weighted by molar-refractivity contribution is -0.111. The Labute approximate surface area is 127 Å². The molecule has 0 bridgehead atoms. The number of halogens is 1. The summed E-state index contributed by atoms with van der Waals surface area (Å²) >= 11 is 0. The van der Waals surface area contributed by atoms with Crippen molar-refractivity contribution in [2.24, 2.45) is 0 Å². The smallest absolute Gasteiger partial charge is 0.251 e. The highest BCUT2D eigenvalue weighted by Gasteiger charge is 2.03. The van der Waals surface area contributed by atoms with Gasteiger partial charge in [0.25, 0.3) is 5.91 Å². The second-order valence-electron chi connectivity index (χ2n) is 4.53. The molecule has 0 radical (unpaired) electrons. The molecule has 0 heterocycles. The zero-order chi connectivity index (χ0) is 15.9. The predicted octanol–water partition coefficient (Wildman–Crippen LogP) is 2.84. The zero-order valence-corrected chi connectivity index (χ0v) is 12.0. The second-order valence-corrected chi connectivity index (χ2v) is 4.53. The van der Waals surface area contributed by atoms with Gasteiger partial charge in [0.15, 0.2) is 0 Å². The number of amides is 2. The molecule has 2 rings (SSSR count). The number of hydrogen-bond acceptors (Lipinski definition) is 2. The first kappa shape index (κ1) is 15.4. The van der Waals surface area contributed by atoms with Crippen LogP contribution in [-0.2, 0) is 4.79 Å². The topological polar surface area (TPSA) is 58.2 Å². The maximum atomic E-state index is 12.8. The molecule has 2 N–H and O–H groups in total. The highest BCUT2D eigenvalue weighted by molar-refractivity contribution is 6.02. The van der Waals surface area contributed by atoms with Crippen molar-refractivity contribution < 1.29 is 14.0 Å². The molecule has 112 valence electrons. The fourth-order valence-electron chi connectivity index (χ4n) is 1.78. The summed E-state index contributed by atoms with van der Waals surface area (Å²) in [6.45, 7) is 0. The SMILES string of the molecule is CNC(=O)c1ccc(NC(=O)/C=C/c2ccc(F)cc2)cc1. The molecule has 0 unspecified atom stereocenters. The van der Waals surface area contributed by atoms with Crippen LogP contribution in [0.2, 0.25) is 0 Å². The van der Waals surface area contributed by atoms with Crippen molar-refractivity contribution >= 4 is 23.6 Å². The van der Waals surface area contributed by atoms with Gasteiger partial charge in [-0.2, -0.15) is 0 Å². The molecule has 2 aromatic carbocycles. The Morgan fingerprint density at radius 2 is 1.64 bits per heavy atom. The Morgan fingerprint density at radius 1 is 1.00 bits per heavy atom. The van der Waals surface area contributed by atoms with Crippen LogP contribution in [0.5, 0.6) is 0 Å². The average Bonchev–Trinajstić information content (AvgIpc) is 2.54. The summed E-state index contributed by atoms with van der Waals surface area (Å²) in [7, 11) is 1.55. The van der Waals surface area contributed by atoms with E-state index in [2.05, 4.69) is 10.6 Å². The molecule has 0 atom stereocenters. The van der Waals surface area contributed by atoms with Crippen LogP contribution >= 0.6 is 0 Å². The van der Waals surface area contributed by atoms with Crippen molar-refractivity contribution in [2.45, 2.75) is 0 Å². The van der Waals surface area contributed by atoms with Crippen LogP contribution in [0.15, 0.2) is 54.6 Å². The monoisotopic (exact) mass is 298 g/mol. The maximum Gasteiger partial charge on any atom is 0.251 e. The van der Waals surface area contributed by atoms with Gasteiger partial charge >= 0.3 is 0 Å². The molecule has 5 heteroatoms. The standard InChI is InChI=1S/C17H15FN2O2/c1-19-17(22)13-5-9-15(10-6-13)20-16(21)11-4-12-2-7-14(18)8-3-12/h2-11H,1H3,(H,19,22)(H,20,21)/b11-4+. The molecule has 0 aliphatic carbocycles. The summed E-state index contributed by atoms with van der Waals surface area (Å²) < 4.78 is 12.8. The lowest BCUT2D eigenvalue weighted by Crippen LogP contribution is -2.17. The van der Waals surface area contributed by atoms with Gasteiger partial charge in [-0.3, -0.25) is 9.59 Å². The Hall–Kier alpha value is -2.95. The van der Waals surface area contributed by atoms with Crippen LogP contribution in [0, 0.1) is 5.82 Å². The van der Waals surface area contributed by atoms with Gasteiger partial charge in [-0.05, 0) is 48.0 Å². The van der Waals surface area contributed by atoms with Gasteiger partial charge in [0.05, 0.1) is 0 Å². The third kappa shape index (κ3) is 4.28. The van der Waals surface area contributed by atoms with E-state index < -0.39 is 0 Å². The number of anilines is 1. The van der Waals surface area contributed by atoms with Crippen LogP contribution < -0.4 is 10.6 Å². The van der Waals surface area contributed by atoms with Crippen LogP contribution in [0.1, 0.15) is 15.9 Å². The number of nitrogens with one attached hydrogen (secondary N) is 2. The van der Waals surface area contributed by atoms with E-state index in [4.69, 9.17) is 0 Å². The van der Waals surface area contributed by atoms with Crippen molar-refractivity contribution in [1.82, 2.24) is 5.32 Å². The summed E-state index contributed by atoms with van der Waals surface area (Å²) in [6.07, 6.45) is 2.95. The summed E-state index contributed by atoms with van der Waals surface area (Å²) in [4.78, 5) is 23.2. The first-order valence-corrected chi connectivity index (χ1v) is 6.65. The van der Waals surface area contributed by atoms with E-state index in [1.807, 2.05) is 0 Å². The summed E-state index contributed by atoms with van der Waals surface area (Å²) in [5.74, 6) is -0.816. The van der Waals surface area contributed by atoms with Crippen molar-refractivity contribution in [3.05, 3.63) is 71.6 Å². The van der Waals surface area contributed by atoms with Gasteiger partial charge in [-0.15, -0.1) is 0 Å². The Morgan fingerprint density at radius 3 is 2.23 bits per heavy atom. The van der Waals surface area contributed by atoms with Gasteiger partial charge in [-0.1, -0.05) is 12.1 Å². The zero-order valence-electron chi connectivity index (χ0n) is 12.0. The van der Waals surface area contributed by atoms with Crippen molar-refractivity contribution in [3.63, 3.8) is 0 Å². The summed E-state index contributed by atoms with van der Waals surface area (Å²) in [6, 6.07) is 12.4. The molecule has 0 fully saturated rings. The molecule has 2 amide bonds. The molecule has 4 nitrogen and oxygen atoms in total. The molecule has 22 heavy (non-hydrogen) atoms.